The van der Waals surface area contributed by atoms with Crippen molar-refractivity contribution < 1.29 is 9.59 Å². The molecular weight excluding hydrogens is 310 g/mol. The number of nitrogens with one attached hydrogen (secondary N) is 2. The molecule has 0 bridgehead atoms. The zero-order valence-electron chi connectivity index (χ0n) is 13.3. The second kappa shape index (κ2) is 6.66. The summed E-state index contributed by atoms with van der Waals surface area (Å²) in [6, 6.07) is 7.45. The van der Waals surface area contributed by atoms with Crippen molar-refractivity contribution in [2.45, 2.75) is 32.4 Å². The van der Waals surface area contributed by atoms with E-state index in [1.54, 1.807) is 22.9 Å². The molecule has 1 saturated heterocycles. The first-order valence-corrected chi connectivity index (χ1v) is 9.02. The minimum atomic E-state index is -0.393. The lowest BCUT2D eigenvalue weighted by molar-refractivity contribution is -0.125. The average molecular weight is 331 g/mol. The summed E-state index contributed by atoms with van der Waals surface area (Å²) in [5.74, 6) is 1.06. The monoisotopic (exact) mass is 331 g/mol. The number of carbonyl (C=O) groups excluding carboxylic acids is 2. The standard InChI is InChI=1S/C17H21N3O2S/c1-3-11(2)19-16(21)15-9-23-10-20(15)17(22)13-8-18-14-7-5-4-6-12(13)14/h4-8,11,15,18H,3,9-10H2,1-2H3,(H,19,21). The van der Waals surface area contributed by atoms with Gasteiger partial charge < -0.3 is 15.2 Å². The van der Waals surface area contributed by atoms with E-state index in [0.29, 0.717) is 17.2 Å². The van der Waals surface area contributed by atoms with Gasteiger partial charge in [-0.15, -0.1) is 11.8 Å². The Morgan fingerprint density at radius 3 is 3.00 bits per heavy atom. The highest BCUT2D eigenvalue weighted by Crippen LogP contribution is 2.26. The molecule has 1 aromatic heterocycles. The van der Waals surface area contributed by atoms with Gasteiger partial charge in [0.2, 0.25) is 5.91 Å². The van der Waals surface area contributed by atoms with Gasteiger partial charge in [-0.2, -0.15) is 0 Å². The molecule has 23 heavy (non-hydrogen) atoms. The van der Waals surface area contributed by atoms with Gasteiger partial charge in [-0.3, -0.25) is 9.59 Å². The van der Waals surface area contributed by atoms with Crippen molar-refractivity contribution in [3.05, 3.63) is 36.0 Å². The molecule has 1 fully saturated rings. The maximum Gasteiger partial charge on any atom is 0.257 e. The maximum absolute atomic E-state index is 12.9. The molecule has 6 heteroatoms. The van der Waals surface area contributed by atoms with Gasteiger partial charge in [-0.25, -0.2) is 0 Å². The van der Waals surface area contributed by atoms with Gasteiger partial charge in [-0.1, -0.05) is 25.1 Å². The van der Waals surface area contributed by atoms with Crippen molar-refractivity contribution in [3.63, 3.8) is 0 Å². The van der Waals surface area contributed by atoms with Gasteiger partial charge in [0.05, 0.1) is 11.4 Å². The van der Waals surface area contributed by atoms with Crippen LogP contribution in [0.1, 0.15) is 30.6 Å². The molecule has 2 heterocycles. The van der Waals surface area contributed by atoms with Crippen molar-refractivity contribution in [2.75, 3.05) is 11.6 Å². The van der Waals surface area contributed by atoms with Crippen LogP contribution in [0.25, 0.3) is 10.9 Å². The molecule has 3 rings (SSSR count). The van der Waals surface area contributed by atoms with Gasteiger partial charge in [0.15, 0.2) is 0 Å². The number of para-hydroxylation sites is 1. The Kier molecular flexibility index (Phi) is 4.61. The number of thioether (sulfide) groups is 1. The molecule has 122 valence electrons. The topological polar surface area (TPSA) is 65.2 Å². The van der Waals surface area contributed by atoms with Crippen molar-refractivity contribution in [1.29, 1.82) is 0 Å². The molecule has 0 saturated carbocycles. The van der Waals surface area contributed by atoms with Gasteiger partial charge in [0, 0.05) is 28.9 Å². The van der Waals surface area contributed by atoms with Crippen LogP contribution < -0.4 is 5.32 Å². The summed E-state index contributed by atoms with van der Waals surface area (Å²) in [5.41, 5.74) is 1.56. The molecule has 2 atom stereocenters. The minimum Gasteiger partial charge on any atom is -0.360 e. The van der Waals surface area contributed by atoms with Crippen molar-refractivity contribution in [2.24, 2.45) is 0 Å². The third kappa shape index (κ3) is 3.08. The summed E-state index contributed by atoms with van der Waals surface area (Å²) in [6.07, 6.45) is 2.61. The van der Waals surface area contributed by atoms with Crippen LogP contribution in [0, 0.1) is 0 Å². The van der Waals surface area contributed by atoms with E-state index in [0.717, 1.165) is 17.3 Å². The lowest BCUT2D eigenvalue weighted by atomic mass is 10.1. The normalized spacial score (nSPS) is 19.0. The van der Waals surface area contributed by atoms with E-state index in [9.17, 15) is 9.59 Å². The number of benzene rings is 1. The Balaban J connectivity index is 1.82. The van der Waals surface area contributed by atoms with Crippen LogP contribution in [0.2, 0.25) is 0 Å². The summed E-state index contributed by atoms with van der Waals surface area (Å²) in [6.45, 7) is 4.01. The Bertz CT molecular complexity index is 727. The molecule has 0 spiro atoms. The van der Waals surface area contributed by atoms with Crippen molar-refractivity contribution in [3.8, 4) is 0 Å². The van der Waals surface area contributed by atoms with Crippen LogP contribution in [0.3, 0.4) is 0 Å². The highest BCUT2D eigenvalue weighted by molar-refractivity contribution is 7.99. The smallest absolute Gasteiger partial charge is 0.257 e. The van der Waals surface area contributed by atoms with Crippen LogP contribution in [0.15, 0.2) is 30.5 Å². The molecule has 0 aliphatic carbocycles. The fourth-order valence-corrected chi connectivity index (χ4v) is 3.86. The fourth-order valence-electron chi connectivity index (χ4n) is 2.70. The number of rotatable bonds is 4. The number of nitrogens with zero attached hydrogens (tertiary/aromatic N) is 1. The van der Waals surface area contributed by atoms with Crippen LogP contribution in [0.5, 0.6) is 0 Å². The third-order valence-corrected chi connectivity index (χ3v) is 5.28. The SMILES string of the molecule is CCC(C)NC(=O)C1CSCN1C(=O)c1c[nH]c2ccccc12. The van der Waals surface area contributed by atoms with Crippen molar-refractivity contribution >= 4 is 34.5 Å². The lowest BCUT2D eigenvalue weighted by Crippen LogP contribution is -2.49. The summed E-state index contributed by atoms with van der Waals surface area (Å²) in [4.78, 5) is 30.1. The first-order chi connectivity index (χ1) is 11.1. The summed E-state index contributed by atoms with van der Waals surface area (Å²) >= 11 is 1.62. The van der Waals surface area contributed by atoms with Crippen LogP contribution >= 0.6 is 11.8 Å². The molecular formula is C17H21N3O2S. The van der Waals surface area contributed by atoms with Gasteiger partial charge in [0.25, 0.3) is 5.91 Å². The Morgan fingerprint density at radius 1 is 1.43 bits per heavy atom. The number of carbonyl (C=O) groups is 2. The first-order valence-electron chi connectivity index (χ1n) is 7.87. The Morgan fingerprint density at radius 2 is 2.22 bits per heavy atom. The predicted octanol–water partition coefficient (Wildman–Crippen LogP) is 2.60. The minimum absolute atomic E-state index is 0.0578. The highest BCUT2D eigenvalue weighted by atomic mass is 32.2. The molecule has 1 aliphatic rings. The second-order valence-corrected chi connectivity index (χ2v) is 6.86. The summed E-state index contributed by atoms with van der Waals surface area (Å²) in [5, 5.41) is 3.88. The van der Waals surface area contributed by atoms with E-state index in [-0.39, 0.29) is 17.9 Å². The molecule has 0 radical (unpaired) electrons. The van der Waals surface area contributed by atoms with E-state index >= 15 is 0 Å². The largest absolute Gasteiger partial charge is 0.360 e. The fraction of sp³-hybridized carbons (Fsp3) is 0.412. The summed E-state index contributed by atoms with van der Waals surface area (Å²) < 4.78 is 0. The second-order valence-electron chi connectivity index (χ2n) is 5.86. The summed E-state index contributed by atoms with van der Waals surface area (Å²) in [7, 11) is 0. The molecule has 2 amide bonds. The maximum atomic E-state index is 12.9. The quantitative estimate of drug-likeness (QED) is 0.905. The van der Waals surface area contributed by atoms with E-state index in [1.165, 1.54) is 0 Å². The number of hydrogen-bond donors (Lipinski definition) is 2. The van der Waals surface area contributed by atoms with E-state index in [1.807, 2.05) is 38.1 Å². The molecule has 5 nitrogen and oxygen atoms in total. The molecule has 1 aliphatic heterocycles. The van der Waals surface area contributed by atoms with Gasteiger partial charge in [0.1, 0.15) is 6.04 Å². The van der Waals surface area contributed by atoms with E-state index in [2.05, 4.69) is 10.3 Å². The van der Waals surface area contributed by atoms with Gasteiger partial charge in [-0.05, 0) is 19.4 Å². The number of amides is 2. The molecule has 2 unspecified atom stereocenters. The Labute approximate surface area is 139 Å². The van der Waals surface area contributed by atoms with Gasteiger partial charge >= 0.3 is 0 Å². The number of aromatic amines is 1. The number of hydrogen-bond acceptors (Lipinski definition) is 3. The van der Waals surface area contributed by atoms with Crippen molar-refractivity contribution in [1.82, 2.24) is 15.2 Å². The molecule has 1 aromatic carbocycles. The van der Waals surface area contributed by atoms with Crippen LogP contribution in [0.4, 0.5) is 0 Å². The molecule has 2 N–H and O–H groups in total. The predicted molar refractivity (Wildman–Crippen MR) is 93.5 cm³/mol. The number of aromatic nitrogens is 1. The average Bonchev–Trinajstić information content (AvgIpc) is 3.21. The zero-order chi connectivity index (χ0) is 16.4. The molecule has 2 aromatic rings. The number of H-pyrrole nitrogens is 1. The van der Waals surface area contributed by atoms with Crippen LogP contribution in [-0.2, 0) is 4.79 Å². The third-order valence-electron chi connectivity index (χ3n) is 4.27. The van der Waals surface area contributed by atoms with E-state index < -0.39 is 6.04 Å². The Hall–Kier alpha value is -1.95. The van der Waals surface area contributed by atoms with Crippen LogP contribution in [-0.4, -0.2) is 45.4 Å². The number of fused-ring (bicyclic) bond motifs is 1. The highest BCUT2D eigenvalue weighted by Gasteiger charge is 2.36. The first kappa shape index (κ1) is 15.9. The van der Waals surface area contributed by atoms with E-state index in [4.69, 9.17) is 0 Å². The zero-order valence-corrected chi connectivity index (χ0v) is 14.2. The lowest BCUT2D eigenvalue weighted by Gasteiger charge is -2.24.